The van der Waals surface area contributed by atoms with Gasteiger partial charge in [0.2, 0.25) is 0 Å². The smallest absolute Gasteiger partial charge is 0.419 e. The highest BCUT2D eigenvalue weighted by molar-refractivity contribution is 5.85. The summed E-state index contributed by atoms with van der Waals surface area (Å²) in [6.45, 7) is 5.00. The maximum Gasteiger partial charge on any atom is 0.419 e. The Balaban J connectivity index is 2.35. The number of amides is 1. The Labute approximate surface area is 149 Å². The molecule has 0 atom stereocenters. The minimum atomic E-state index is -4.52. The van der Waals surface area contributed by atoms with Crippen LogP contribution in [0.2, 0.25) is 0 Å². The third kappa shape index (κ3) is 4.47. The maximum atomic E-state index is 13.3. The van der Waals surface area contributed by atoms with Gasteiger partial charge in [0.15, 0.2) is 0 Å². The molecule has 2 rings (SSSR count). The van der Waals surface area contributed by atoms with E-state index in [2.05, 4.69) is 10.1 Å². The molecule has 0 aromatic heterocycles. The molecule has 0 unspecified atom stereocenters. The number of methoxy groups -OCH3 is 1. The number of ether oxygens (including phenoxy) is 2. The normalized spacial score (nSPS) is 11.2. The van der Waals surface area contributed by atoms with Gasteiger partial charge in [-0.2, -0.15) is 13.2 Å². The Morgan fingerprint density at radius 1 is 1.08 bits per heavy atom. The third-order valence-corrected chi connectivity index (χ3v) is 4.11. The number of halogens is 3. The fourth-order valence-corrected chi connectivity index (χ4v) is 2.45. The number of hydrogen-bond donors (Lipinski definition) is 1. The molecule has 2 aromatic rings. The van der Waals surface area contributed by atoms with Gasteiger partial charge in [-0.3, -0.25) is 5.32 Å². The van der Waals surface area contributed by atoms with Gasteiger partial charge in [0, 0.05) is 5.56 Å². The Morgan fingerprint density at radius 2 is 1.73 bits per heavy atom. The molecule has 7 heteroatoms. The van der Waals surface area contributed by atoms with Gasteiger partial charge in [-0.25, -0.2) is 4.79 Å². The first kappa shape index (κ1) is 19.6. The van der Waals surface area contributed by atoms with E-state index in [0.29, 0.717) is 22.4 Å². The van der Waals surface area contributed by atoms with Crippen LogP contribution in [0, 0.1) is 20.8 Å². The zero-order valence-electron chi connectivity index (χ0n) is 15.0. The number of alkyl halides is 3. The van der Waals surface area contributed by atoms with Gasteiger partial charge < -0.3 is 9.47 Å². The first-order chi connectivity index (χ1) is 12.1. The van der Waals surface area contributed by atoms with Gasteiger partial charge in [-0.15, -0.1) is 0 Å². The fourth-order valence-electron chi connectivity index (χ4n) is 2.45. The number of carbonyl (C=O) groups excluding carboxylic acids is 1. The molecule has 4 nitrogen and oxygen atoms in total. The zero-order valence-corrected chi connectivity index (χ0v) is 15.0. The van der Waals surface area contributed by atoms with Crippen molar-refractivity contribution in [2.24, 2.45) is 0 Å². The lowest BCUT2D eigenvalue weighted by Crippen LogP contribution is -2.15. The highest BCUT2D eigenvalue weighted by Crippen LogP contribution is 2.38. The number of aryl methyl sites for hydroxylation is 3. The number of nitrogens with one attached hydrogen (secondary N) is 1. The van der Waals surface area contributed by atoms with E-state index in [1.807, 2.05) is 0 Å². The molecule has 0 spiro atoms. The van der Waals surface area contributed by atoms with Gasteiger partial charge in [0.25, 0.3) is 0 Å². The van der Waals surface area contributed by atoms with Crippen molar-refractivity contribution < 1.29 is 27.4 Å². The van der Waals surface area contributed by atoms with E-state index in [1.165, 1.54) is 13.2 Å². The molecule has 26 heavy (non-hydrogen) atoms. The van der Waals surface area contributed by atoms with E-state index in [0.717, 1.165) is 11.6 Å². The van der Waals surface area contributed by atoms with Crippen LogP contribution in [0.25, 0.3) is 0 Å². The summed E-state index contributed by atoms with van der Waals surface area (Å²) in [5.41, 5.74) is 2.19. The fraction of sp³-hybridized carbons (Fsp3) is 0.316. The monoisotopic (exact) mass is 367 g/mol. The topological polar surface area (TPSA) is 47.6 Å². The molecule has 0 aliphatic carbocycles. The number of hydrogen-bond acceptors (Lipinski definition) is 3. The molecular weight excluding hydrogens is 347 g/mol. The van der Waals surface area contributed by atoms with Crippen LogP contribution in [-0.4, -0.2) is 13.2 Å². The molecule has 0 radical (unpaired) electrons. The van der Waals surface area contributed by atoms with Gasteiger partial charge in [-0.05, 0) is 55.7 Å². The van der Waals surface area contributed by atoms with Crippen LogP contribution in [0.1, 0.15) is 27.8 Å². The van der Waals surface area contributed by atoms with E-state index in [4.69, 9.17) is 4.74 Å². The molecule has 0 aliphatic heterocycles. The second kappa shape index (κ2) is 7.68. The van der Waals surface area contributed by atoms with E-state index in [9.17, 15) is 18.0 Å². The molecule has 0 saturated heterocycles. The van der Waals surface area contributed by atoms with Gasteiger partial charge >= 0.3 is 12.3 Å². The minimum Gasteiger partial charge on any atom is -0.488 e. The lowest BCUT2D eigenvalue weighted by molar-refractivity contribution is -0.139. The third-order valence-electron chi connectivity index (χ3n) is 4.11. The SMILES string of the molecule is COC(=O)Nc1cccc(C)c1COc1cc(C)c(C)cc1C(F)(F)F. The van der Waals surface area contributed by atoms with Crippen molar-refractivity contribution in [1.29, 1.82) is 0 Å². The number of anilines is 1. The Hall–Kier alpha value is -2.70. The molecule has 1 N–H and O–H groups in total. The second-order valence-corrected chi connectivity index (χ2v) is 5.94. The Bertz CT molecular complexity index is 816. The van der Waals surface area contributed by atoms with Crippen LogP contribution in [0.4, 0.5) is 23.7 Å². The number of rotatable bonds is 4. The average molecular weight is 367 g/mol. The summed E-state index contributed by atoms with van der Waals surface area (Å²) in [5, 5.41) is 2.54. The summed E-state index contributed by atoms with van der Waals surface area (Å²) in [6, 6.07) is 7.60. The van der Waals surface area contributed by atoms with Crippen molar-refractivity contribution in [3.8, 4) is 5.75 Å². The predicted octanol–water partition coefficient (Wildman–Crippen LogP) is 5.39. The average Bonchev–Trinajstić information content (AvgIpc) is 2.56. The molecule has 2 aromatic carbocycles. The Morgan fingerprint density at radius 3 is 2.35 bits per heavy atom. The van der Waals surface area contributed by atoms with E-state index in [-0.39, 0.29) is 12.4 Å². The molecule has 0 heterocycles. The van der Waals surface area contributed by atoms with Crippen LogP contribution in [0.5, 0.6) is 5.75 Å². The standard InChI is InChI=1S/C19H20F3NO3/c1-11-6-5-7-16(23-18(24)25-4)14(11)10-26-17-9-13(3)12(2)8-15(17)19(20,21)22/h5-9H,10H2,1-4H3,(H,23,24). The van der Waals surface area contributed by atoms with Crippen LogP contribution in [-0.2, 0) is 17.5 Å². The van der Waals surface area contributed by atoms with Crippen molar-refractivity contribution in [3.63, 3.8) is 0 Å². The largest absolute Gasteiger partial charge is 0.488 e. The first-order valence-electron chi connectivity index (χ1n) is 7.88. The molecule has 1 amide bonds. The van der Waals surface area contributed by atoms with Crippen LogP contribution >= 0.6 is 0 Å². The lowest BCUT2D eigenvalue weighted by atomic mass is 10.0. The van der Waals surface area contributed by atoms with Gasteiger partial charge in [-0.1, -0.05) is 12.1 Å². The minimum absolute atomic E-state index is 0.127. The van der Waals surface area contributed by atoms with E-state index < -0.39 is 17.8 Å². The van der Waals surface area contributed by atoms with Crippen LogP contribution in [0.15, 0.2) is 30.3 Å². The maximum absolute atomic E-state index is 13.3. The molecule has 0 fully saturated rings. The highest BCUT2D eigenvalue weighted by Gasteiger charge is 2.35. The quantitative estimate of drug-likeness (QED) is 0.788. The predicted molar refractivity (Wildman–Crippen MR) is 92.5 cm³/mol. The summed E-state index contributed by atoms with van der Waals surface area (Å²) in [6.07, 6.45) is -5.19. The summed E-state index contributed by atoms with van der Waals surface area (Å²) in [7, 11) is 1.23. The number of carbonyl (C=O) groups is 1. The van der Waals surface area contributed by atoms with Crippen molar-refractivity contribution >= 4 is 11.8 Å². The molecule has 0 aliphatic rings. The van der Waals surface area contributed by atoms with Crippen molar-refractivity contribution in [2.45, 2.75) is 33.6 Å². The second-order valence-electron chi connectivity index (χ2n) is 5.94. The lowest BCUT2D eigenvalue weighted by Gasteiger charge is -2.18. The van der Waals surface area contributed by atoms with Crippen molar-refractivity contribution in [2.75, 3.05) is 12.4 Å². The summed E-state index contributed by atoms with van der Waals surface area (Å²) < 4.78 is 50.0. The zero-order chi connectivity index (χ0) is 19.5. The number of benzene rings is 2. The molecule has 140 valence electrons. The van der Waals surface area contributed by atoms with E-state index in [1.54, 1.807) is 39.0 Å². The Kier molecular flexibility index (Phi) is 5.79. The summed E-state index contributed by atoms with van der Waals surface area (Å²) in [4.78, 5) is 11.5. The van der Waals surface area contributed by atoms with Gasteiger partial charge in [0.1, 0.15) is 12.4 Å². The first-order valence-corrected chi connectivity index (χ1v) is 7.88. The molecule has 0 saturated carbocycles. The van der Waals surface area contributed by atoms with Crippen molar-refractivity contribution in [3.05, 3.63) is 58.1 Å². The molecular formula is C19H20F3NO3. The van der Waals surface area contributed by atoms with Crippen molar-refractivity contribution in [1.82, 2.24) is 0 Å². The summed E-state index contributed by atoms with van der Waals surface area (Å²) in [5.74, 6) is -0.243. The van der Waals surface area contributed by atoms with Crippen LogP contribution < -0.4 is 10.1 Å². The van der Waals surface area contributed by atoms with Crippen LogP contribution in [0.3, 0.4) is 0 Å². The molecule has 0 bridgehead atoms. The van der Waals surface area contributed by atoms with Gasteiger partial charge in [0.05, 0.1) is 18.4 Å². The van der Waals surface area contributed by atoms with E-state index >= 15 is 0 Å². The summed E-state index contributed by atoms with van der Waals surface area (Å²) >= 11 is 0. The highest BCUT2D eigenvalue weighted by atomic mass is 19.4.